The molecule has 1 aliphatic rings. The summed E-state index contributed by atoms with van der Waals surface area (Å²) in [5, 5.41) is 9.08. The van der Waals surface area contributed by atoms with Gasteiger partial charge in [0, 0.05) is 24.8 Å². The van der Waals surface area contributed by atoms with Crippen LogP contribution in [-0.4, -0.2) is 29.3 Å². The number of aromatic nitrogens is 1. The summed E-state index contributed by atoms with van der Waals surface area (Å²) < 4.78 is 0. The van der Waals surface area contributed by atoms with Crippen LogP contribution in [0.3, 0.4) is 0 Å². The molecule has 0 aliphatic heterocycles. The van der Waals surface area contributed by atoms with Crippen LogP contribution >= 0.6 is 0 Å². The van der Waals surface area contributed by atoms with Gasteiger partial charge in [0.2, 0.25) is 0 Å². The standard InChI is InChI=1S/C12H19N3O/c1-9-6-10(8-13)7-12(14-9)15(4-5-16)11-2-3-11/h6-7,11,16H,2-5,8,13H2,1H3. The fourth-order valence-corrected chi connectivity index (χ4v) is 1.96. The van der Waals surface area contributed by atoms with Crippen LogP contribution in [0.25, 0.3) is 0 Å². The molecule has 0 saturated heterocycles. The molecule has 4 heteroatoms. The predicted molar refractivity (Wildman–Crippen MR) is 64.3 cm³/mol. The lowest BCUT2D eigenvalue weighted by atomic mass is 10.2. The molecule has 0 unspecified atom stereocenters. The first-order chi connectivity index (χ1) is 7.74. The van der Waals surface area contributed by atoms with Gasteiger partial charge in [-0.1, -0.05) is 0 Å². The van der Waals surface area contributed by atoms with Crippen molar-refractivity contribution in [2.45, 2.75) is 32.4 Å². The fourth-order valence-electron chi connectivity index (χ4n) is 1.96. The first kappa shape index (κ1) is 11.4. The van der Waals surface area contributed by atoms with Crippen LogP contribution in [0.4, 0.5) is 5.82 Å². The Bertz CT molecular complexity index is 363. The van der Waals surface area contributed by atoms with Crippen molar-refractivity contribution in [2.24, 2.45) is 5.73 Å². The summed E-state index contributed by atoms with van der Waals surface area (Å²) >= 11 is 0. The summed E-state index contributed by atoms with van der Waals surface area (Å²) in [6.45, 7) is 3.34. The Hall–Kier alpha value is -1.13. The number of pyridine rings is 1. The second-order valence-corrected chi connectivity index (χ2v) is 4.33. The maximum absolute atomic E-state index is 9.08. The molecule has 0 aromatic carbocycles. The third kappa shape index (κ3) is 2.51. The van der Waals surface area contributed by atoms with Crippen molar-refractivity contribution in [3.63, 3.8) is 0 Å². The number of rotatable bonds is 5. The Kier molecular flexibility index (Phi) is 3.41. The monoisotopic (exact) mass is 221 g/mol. The van der Waals surface area contributed by atoms with Crippen LogP contribution in [0.5, 0.6) is 0 Å². The van der Waals surface area contributed by atoms with Gasteiger partial charge >= 0.3 is 0 Å². The highest BCUT2D eigenvalue weighted by Gasteiger charge is 2.29. The molecule has 2 rings (SSSR count). The SMILES string of the molecule is Cc1cc(CN)cc(N(CCO)C2CC2)n1. The van der Waals surface area contributed by atoms with Crippen molar-refractivity contribution in [2.75, 3.05) is 18.1 Å². The maximum Gasteiger partial charge on any atom is 0.129 e. The van der Waals surface area contributed by atoms with Crippen molar-refractivity contribution < 1.29 is 5.11 Å². The molecule has 0 amide bonds. The molecule has 0 atom stereocenters. The summed E-state index contributed by atoms with van der Waals surface area (Å²) in [6.07, 6.45) is 2.40. The van der Waals surface area contributed by atoms with E-state index in [1.54, 1.807) is 0 Å². The van der Waals surface area contributed by atoms with Crippen molar-refractivity contribution >= 4 is 5.82 Å². The van der Waals surface area contributed by atoms with Crippen LogP contribution in [0.15, 0.2) is 12.1 Å². The third-order valence-corrected chi connectivity index (χ3v) is 2.86. The highest BCUT2D eigenvalue weighted by molar-refractivity contribution is 5.45. The lowest BCUT2D eigenvalue weighted by molar-refractivity contribution is 0.301. The van der Waals surface area contributed by atoms with Gasteiger partial charge in [0.1, 0.15) is 5.82 Å². The third-order valence-electron chi connectivity index (χ3n) is 2.86. The molecule has 1 saturated carbocycles. The average molecular weight is 221 g/mol. The maximum atomic E-state index is 9.08. The van der Waals surface area contributed by atoms with Crippen LogP contribution in [0.2, 0.25) is 0 Å². The molecule has 0 spiro atoms. The van der Waals surface area contributed by atoms with Gasteiger partial charge in [-0.2, -0.15) is 0 Å². The van der Waals surface area contributed by atoms with E-state index in [1.165, 1.54) is 12.8 Å². The largest absolute Gasteiger partial charge is 0.395 e. The quantitative estimate of drug-likeness (QED) is 0.772. The van der Waals surface area contributed by atoms with E-state index >= 15 is 0 Å². The van der Waals surface area contributed by atoms with Crippen molar-refractivity contribution in [1.29, 1.82) is 0 Å². The second-order valence-electron chi connectivity index (χ2n) is 4.33. The normalized spacial score (nSPS) is 15.2. The molecule has 1 aliphatic carbocycles. The van der Waals surface area contributed by atoms with Crippen molar-refractivity contribution in [1.82, 2.24) is 4.98 Å². The number of nitrogens with zero attached hydrogens (tertiary/aromatic N) is 2. The van der Waals surface area contributed by atoms with Gasteiger partial charge in [-0.3, -0.25) is 0 Å². The van der Waals surface area contributed by atoms with E-state index in [4.69, 9.17) is 10.8 Å². The van der Waals surface area contributed by atoms with Crippen LogP contribution < -0.4 is 10.6 Å². The first-order valence-electron chi connectivity index (χ1n) is 5.79. The molecule has 16 heavy (non-hydrogen) atoms. The Morgan fingerprint density at radius 1 is 1.50 bits per heavy atom. The number of nitrogens with two attached hydrogens (primary N) is 1. The molecular formula is C12H19N3O. The van der Waals surface area contributed by atoms with Crippen LogP contribution in [0.1, 0.15) is 24.1 Å². The van der Waals surface area contributed by atoms with Gasteiger partial charge < -0.3 is 15.7 Å². The summed E-state index contributed by atoms with van der Waals surface area (Å²) in [5.41, 5.74) is 7.75. The lowest BCUT2D eigenvalue weighted by Gasteiger charge is -2.23. The molecule has 0 radical (unpaired) electrons. The molecule has 0 bridgehead atoms. The van der Waals surface area contributed by atoms with Gasteiger partial charge in [-0.15, -0.1) is 0 Å². The van der Waals surface area contributed by atoms with E-state index in [-0.39, 0.29) is 6.61 Å². The lowest BCUT2D eigenvalue weighted by Crippen LogP contribution is -2.30. The number of aliphatic hydroxyl groups excluding tert-OH is 1. The van der Waals surface area contributed by atoms with Gasteiger partial charge in [0.25, 0.3) is 0 Å². The van der Waals surface area contributed by atoms with Gasteiger partial charge in [0.05, 0.1) is 6.61 Å². The van der Waals surface area contributed by atoms with Gasteiger partial charge in [-0.05, 0) is 37.5 Å². The topological polar surface area (TPSA) is 62.4 Å². The zero-order valence-corrected chi connectivity index (χ0v) is 9.69. The molecule has 88 valence electrons. The number of hydrogen-bond acceptors (Lipinski definition) is 4. The molecule has 4 nitrogen and oxygen atoms in total. The van der Waals surface area contributed by atoms with E-state index in [0.717, 1.165) is 17.1 Å². The number of hydrogen-bond donors (Lipinski definition) is 2. The first-order valence-corrected chi connectivity index (χ1v) is 5.79. The molecule has 1 aromatic rings. The van der Waals surface area contributed by atoms with Crippen molar-refractivity contribution in [3.8, 4) is 0 Å². The van der Waals surface area contributed by atoms with E-state index in [0.29, 0.717) is 19.1 Å². The summed E-state index contributed by atoms with van der Waals surface area (Å²) in [5.74, 6) is 0.956. The van der Waals surface area contributed by atoms with Gasteiger partial charge in [0.15, 0.2) is 0 Å². The minimum absolute atomic E-state index is 0.171. The van der Waals surface area contributed by atoms with E-state index in [9.17, 15) is 0 Å². The summed E-state index contributed by atoms with van der Waals surface area (Å²) in [4.78, 5) is 6.71. The summed E-state index contributed by atoms with van der Waals surface area (Å²) in [7, 11) is 0. The minimum Gasteiger partial charge on any atom is -0.395 e. The Morgan fingerprint density at radius 3 is 2.81 bits per heavy atom. The number of aryl methyl sites for hydroxylation is 1. The molecular weight excluding hydrogens is 202 g/mol. The average Bonchev–Trinajstić information content (AvgIpc) is 3.08. The molecule has 1 heterocycles. The van der Waals surface area contributed by atoms with Crippen molar-refractivity contribution in [3.05, 3.63) is 23.4 Å². The number of anilines is 1. The zero-order valence-electron chi connectivity index (χ0n) is 9.69. The van der Waals surface area contributed by atoms with E-state index in [1.807, 2.05) is 19.1 Å². The van der Waals surface area contributed by atoms with Crippen LogP contribution in [0, 0.1) is 6.92 Å². The fraction of sp³-hybridized carbons (Fsp3) is 0.583. The highest BCUT2D eigenvalue weighted by atomic mass is 16.3. The predicted octanol–water partition coefficient (Wildman–Crippen LogP) is 0.810. The van der Waals surface area contributed by atoms with E-state index in [2.05, 4.69) is 9.88 Å². The number of aliphatic hydroxyl groups is 1. The molecule has 3 N–H and O–H groups in total. The summed E-state index contributed by atoms with van der Waals surface area (Å²) in [6, 6.07) is 4.60. The second kappa shape index (κ2) is 4.80. The zero-order chi connectivity index (χ0) is 11.5. The van der Waals surface area contributed by atoms with Crippen LogP contribution in [-0.2, 0) is 6.54 Å². The van der Waals surface area contributed by atoms with E-state index < -0.39 is 0 Å². The Labute approximate surface area is 96.1 Å². The molecule has 1 aromatic heterocycles. The van der Waals surface area contributed by atoms with Gasteiger partial charge in [-0.25, -0.2) is 4.98 Å². The smallest absolute Gasteiger partial charge is 0.129 e. The molecule has 1 fully saturated rings. The Balaban J connectivity index is 2.25. The highest BCUT2D eigenvalue weighted by Crippen LogP contribution is 2.30. The Morgan fingerprint density at radius 2 is 2.25 bits per heavy atom. The minimum atomic E-state index is 0.171.